The standard InChI is InChI=1S/C8H12N2O2/c1-6(12)3-8-4-7(5-11)9-10(8)2/h4,11H,3,5H2,1-2H3. The van der Waals surface area contributed by atoms with Crippen LogP contribution in [0.4, 0.5) is 0 Å². The Morgan fingerprint density at radius 1 is 1.75 bits per heavy atom. The fraction of sp³-hybridized carbons (Fsp3) is 0.500. The first-order valence-electron chi connectivity index (χ1n) is 3.75. The van der Waals surface area contributed by atoms with Gasteiger partial charge in [0.15, 0.2) is 0 Å². The molecule has 4 nitrogen and oxygen atoms in total. The van der Waals surface area contributed by atoms with Crippen LogP contribution >= 0.6 is 0 Å². The van der Waals surface area contributed by atoms with Crippen molar-refractivity contribution in [3.8, 4) is 0 Å². The zero-order valence-corrected chi connectivity index (χ0v) is 7.24. The number of aromatic nitrogens is 2. The first-order valence-corrected chi connectivity index (χ1v) is 3.75. The van der Waals surface area contributed by atoms with E-state index in [1.807, 2.05) is 0 Å². The first-order chi connectivity index (χ1) is 5.63. The van der Waals surface area contributed by atoms with Crippen molar-refractivity contribution in [2.75, 3.05) is 0 Å². The minimum Gasteiger partial charge on any atom is -0.390 e. The molecule has 1 rings (SSSR count). The highest BCUT2D eigenvalue weighted by atomic mass is 16.3. The summed E-state index contributed by atoms with van der Waals surface area (Å²) in [5, 5.41) is 12.7. The largest absolute Gasteiger partial charge is 0.390 e. The van der Waals surface area contributed by atoms with Crippen LogP contribution < -0.4 is 0 Å². The third-order valence-electron chi connectivity index (χ3n) is 1.62. The number of aliphatic hydroxyl groups is 1. The molecule has 1 heterocycles. The second-order valence-electron chi connectivity index (χ2n) is 2.79. The van der Waals surface area contributed by atoms with Crippen LogP contribution in [-0.2, 0) is 24.9 Å². The molecule has 1 N–H and O–H groups in total. The average molecular weight is 168 g/mol. The fourth-order valence-electron chi connectivity index (χ4n) is 1.07. The topological polar surface area (TPSA) is 55.1 Å². The van der Waals surface area contributed by atoms with Crippen molar-refractivity contribution in [2.24, 2.45) is 7.05 Å². The summed E-state index contributed by atoms with van der Waals surface area (Å²) in [7, 11) is 1.76. The number of aliphatic hydroxyl groups excluding tert-OH is 1. The Bertz CT molecular complexity index is 291. The monoisotopic (exact) mass is 168 g/mol. The molecule has 4 heteroatoms. The van der Waals surface area contributed by atoms with Crippen LogP contribution in [0.15, 0.2) is 6.07 Å². The summed E-state index contributed by atoms with van der Waals surface area (Å²) < 4.78 is 1.62. The van der Waals surface area contributed by atoms with Gasteiger partial charge in [-0.15, -0.1) is 0 Å². The highest BCUT2D eigenvalue weighted by molar-refractivity contribution is 5.77. The molecule has 0 unspecified atom stereocenters. The van der Waals surface area contributed by atoms with E-state index < -0.39 is 0 Å². The highest BCUT2D eigenvalue weighted by Crippen LogP contribution is 2.03. The Hall–Kier alpha value is -1.16. The predicted octanol–water partition coefficient (Wildman–Crippen LogP) is 0.0439. The Kier molecular flexibility index (Phi) is 2.60. The third-order valence-corrected chi connectivity index (χ3v) is 1.62. The fourth-order valence-corrected chi connectivity index (χ4v) is 1.07. The van der Waals surface area contributed by atoms with Crippen LogP contribution in [0.25, 0.3) is 0 Å². The van der Waals surface area contributed by atoms with E-state index in [4.69, 9.17) is 5.11 Å². The Labute approximate surface area is 70.8 Å². The quantitative estimate of drug-likeness (QED) is 0.693. The molecule has 0 atom stereocenters. The molecule has 0 aliphatic carbocycles. The van der Waals surface area contributed by atoms with Gasteiger partial charge in [0.05, 0.1) is 12.3 Å². The van der Waals surface area contributed by atoms with Gasteiger partial charge in [0, 0.05) is 19.2 Å². The van der Waals surface area contributed by atoms with Crippen molar-refractivity contribution in [3.05, 3.63) is 17.5 Å². The lowest BCUT2D eigenvalue weighted by Crippen LogP contribution is -2.03. The van der Waals surface area contributed by atoms with E-state index in [0.29, 0.717) is 12.1 Å². The van der Waals surface area contributed by atoms with Crippen LogP contribution in [0.2, 0.25) is 0 Å². The number of ketones is 1. The van der Waals surface area contributed by atoms with Crippen molar-refractivity contribution in [1.82, 2.24) is 9.78 Å². The van der Waals surface area contributed by atoms with Crippen molar-refractivity contribution >= 4 is 5.78 Å². The lowest BCUT2D eigenvalue weighted by atomic mass is 10.2. The molecule has 0 amide bonds. The van der Waals surface area contributed by atoms with Gasteiger partial charge >= 0.3 is 0 Å². The van der Waals surface area contributed by atoms with E-state index in [1.54, 1.807) is 17.8 Å². The van der Waals surface area contributed by atoms with Crippen molar-refractivity contribution in [2.45, 2.75) is 20.0 Å². The van der Waals surface area contributed by atoms with Gasteiger partial charge in [-0.1, -0.05) is 0 Å². The maximum absolute atomic E-state index is 10.8. The molecule has 0 bridgehead atoms. The third kappa shape index (κ3) is 1.92. The van der Waals surface area contributed by atoms with E-state index in [-0.39, 0.29) is 12.4 Å². The Morgan fingerprint density at radius 3 is 2.83 bits per heavy atom. The van der Waals surface area contributed by atoms with Crippen LogP contribution in [0.5, 0.6) is 0 Å². The Morgan fingerprint density at radius 2 is 2.42 bits per heavy atom. The number of carbonyl (C=O) groups is 1. The van der Waals surface area contributed by atoms with Crippen LogP contribution in [-0.4, -0.2) is 20.7 Å². The number of aryl methyl sites for hydroxylation is 1. The van der Waals surface area contributed by atoms with Gasteiger partial charge in [0.25, 0.3) is 0 Å². The molecular weight excluding hydrogens is 156 g/mol. The minimum absolute atomic E-state index is 0.0776. The molecular formula is C8H12N2O2. The minimum atomic E-state index is -0.0776. The van der Waals surface area contributed by atoms with Gasteiger partial charge in [-0.05, 0) is 13.0 Å². The summed E-state index contributed by atoms with van der Waals surface area (Å²) in [6, 6.07) is 1.74. The normalized spacial score (nSPS) is 10.2. The number of hydrogen-bond acceptors (Lipinski definition) is 3. The van der Waals surface area contributed by atoms with E-state index >= 15 is 0 Å². The molecule has 1 aromatic rings. The second kappa shape index (κ2) is 3.49. The van der Waals surface area contributed by atoms with Crippen LogP contribution in [0, 0.1) is 0 Å². The SMILES string of the molecule is CC(=O)Cc1cc(CO)nn1C. The molecule has 0 aliphatic heterocycles. The zero-order chi connectivity index (χ0) is 9.14. The summed E-state index contributed by atoms with van der Waals surface area (Å²) in [6.45, 7) is 1.46. The second-order valence-corrected chi connectivity index (χ2v) is 2.79. The number of carbonyl (C=O) groups excluding carboxylic acids is 1. The van der Waals surface area contributed by atoms with E-state index in [1.165, 1.54) is 6.92 Å². The molecule has 0 radical (unpaired) electrons. The van der Waals surface area contributed by atoms with Crippen LogP contribution in [0.1, 0.15) is 18.3 Å². The molecule has 0 fully saturated rings. The molecule has 12 heavy (non-hydrogen) atoms. The molecule has 1 aromatic heterocycles. The maximum Gasteiger partial charge on any atom is 0.135 e. The van der Waals surface area contributed by atoms with Crippen LogP contribution in [0.3, 0.4) is 0 Å². The van der Waals surface area contributed by atoms with Crippen molar-refractivity contribution in [3.63, 3.8) is 0 Å². The van der Waals surface area contributed by atoms with Gasteiger partial charge in [0.1, 0.15) is 5.78 Å². The van der Waals surface area contributed by atoms with Gasteiger partial charge < -0.3 is 5.11 Å². The summed E-state index contributed by atoms with van der Waals surface area (Å²) >= 11 is 0. The number of Topliss-reactive ketones (excluding diaryl/α,β-unsaturated/α-hetero) is 1. The highest BCUT2D eigenvalue weighted by Gasteiger charge is 2.05. The van der Waals surface area contributed by atoms with E-state index in [9.17, 15) is 4.79 Å². The summed E-state index contributed by atoms with van der Waals surface area (Å²) in [5.41, 5.74) is 1.44. The zero-order valence-electron chi connectivity index (χ0n) is 7.24. The van der Waals surface area contributed by atoms with Gasteiger partial charge in [-0.2, -0.15) is 5.10 Å². The molecule has 0 aromatic carbocycles. The molecule has 66 valence electrons. The van der Waals surface area contributed by atoms with Crippen molar-refractivity contribution < 1.29 is 9.90 Å². The maximum atomic E-state index is 10.8. The summed E-state index contributed by atoms with van der Waals surface area (Å²) in [6.07, 6.45) is 0.378. The number of nitrogens with zero attached hydrogens (tertiary/aromatic N) is 2. The van der Waals surface area contributed by atoms with Crippen molar-refractivity contribution in [1.29, 1.82) is 0 Å². The van der Waals surface area contributed by atoms with Gasteiger partial charge in [-0.3, -0.25) is 9.48 Å². The lowest BCUT2D eigenvalue weighted by Gasteiger charge is -1.95. The first kappa shape index (κ1) is 8.93. The molecule has 0 spiro atoms. The molecule has 0 aliphatic rings. The number of hydrogen-bond donors (Lipinski definition) is 1. The Balaban J connectivity index is 2.84. The molecule has 0 saturated heterocycles. The summed E-state index contributed by atoms with van der Waals surface area (Å²) in [4.78, 5) is 10.8. The van der Waals surface area contributed by atoms with E-state index in [0.717, 1.165) is 5.69 Å². The average Bonchev–Trinajstić information content (AvgIpc) is 2.31. The smallest absolute Gasteiger partial charge is 0.135 e. The lowest BCUT2D eigenvalue weighted by molar-refractivity contribution is -0.116. The number of rotatable bonds is 3. The van der Waals surface area contributed by atoms with Gasteiger partial charge in [0.2, 0.25) is 0 Å². The predicted molar refractivity (Wildman–Crippen MR) is 43.5 cm³/mol. The molecule has 0 saturated carbocycles. The van der Waals surface area contributed by atoms with E-state index in [2.05, 4.69) is 5.10 Å². The summed E-state index contributed by atoms with van der Waals surface area (Å²) in [5.74, 6) is 0.0995. The van der Waals surface area contributed by atoms with Gasteiger partial charge in [-0.25, -0.2) is 0 Å².